The summed E-state index contributed by atoms with van der Waals surface area (Å²) >= 11 is 0. The van der Waals surface area contributed by atoms with Crippen molar-refractivity contribution in [3.8, 4) is 0 Å². The van der Waals surface area contributed by atoms with Crippen LogP contribution >= 0.6 is 0 Å². The Morgan fingerprint density at radius 3 is 2.50 bits per heavy atom. The zero-order valence-corrected chi connectivity index (χ0v) is 13.7. The molecule has 0 rings (SSSR count). The Hall–Kier alpha value is -0.610. The summed E-state index contributed by atoms with van der Waals surface area (Å²) < 4.78 is 10.4. The second-order valence-electron chi connectivity index (χ2n) is 5.86. The zero-order valence-electron chi connectivity index (χ0n) is 13.7. The summed E-state index contributed by atoms with van der Waals surface area (Å²) in [6, 6.07) is 0. The van der Waals surface area contributed by atoms with E-state index in [0.717, 1.165) is 26.1 Å². The second-order valence-corrected chi connectivity index (χ2v) is 5.86. The third-order valence-electron chi connectivity index (χ3n) is 3.78. The van der Waals surface area contributed by atoms with Gasteiger partial charge in [-0.2, -0.15) is 0 Å². The molecule has 2 N–H and O–H groups in total. The van der Waals surface area contributed by atoms with Gasteiger partial charge in [-0.15, -0.1) is 0 Å². The van der Waals surface area contributed by atoms with Gasteiger partial charge >= 0.3 is 5.97 Å². The summed E-state index contributed by atoms with van der Waals surface area (Å²) in [4.78, 5) is 11.4. The van der Waals surface area contributed by atoms with E-state index in [0.29, 0.717) is 12.3 Å². The molecule has 0 bridgehead atoms. The normalized spacial score (nSPS) is 15.7. The Balaban J connectivity index is 3.64. The largest absolute Gasteiger partial charge is 0.468 e. The highest BCUT2D eigenvalue weighted by atomic mass is 16.5. The van der Waals surface area contributed by atoms with Gasteiger partial charge < -0.3 is 15.2 Å². The Kier molecular flexibility index (Phi) is 10.8. The monoisotopic (exact) mass is 287 g/mol. The van der Waals surface area contributed by atoms with Crippen molar-refractivity contribution in [3.05, 3.63) is 0 Å². The molecular formula is C16H33NO3. The highest BCUT2D eigenvalue weighted by molar-refractivity contribution is 5.79. The van der Waals surface area contributed by atoms with Crippen molar-refractivity contribution in [2.45, 2.75) is 71.3 Å². The van der Waals surface area contributed by atoms with E-state index in [1.54, 1.807) is 6.92 Å². The van der Waals surface area contributed by atoms with Gasteiger partial charge in [0.1, 0.15) is 5.54 Å². The molecular weight excluding hydrogens is 254 g/mol. The average Bonchev–Trinajstić information content (AvgIpc) is 2.44. The van der Waals surface area contributed by atoms with Gasteiger partial charge in [0.15, 0.2) is 0 Å². The Bertz CT molecular complexity index is 254. The third-order valence-corrected chi connectivity index (χ3v) is 3.78. The maximum Gasteiger partial charge on any atom is 0.325 e. The molecule has 2 unspecified atom stereocenters. The number of unbranched alkanes of at least 4 members (excludes halogenated alkanes) is 2. The third kappa shape index (κ3) is 8.54. The van der Waals surface area contributed by atoms with Crippen LogP contribution in [0.2, 0.25) is 0 Å². The SMILES string of the molecule is CCCCC(CC)COCCCCC(C)(N)C(=O)OC. The van der Waals surface area contributed by atoms with E-state index in [1.165, 1.54) is 32.8 Å². The van der Waals surface area contributed by atoms with Crippen molar-refractivity contribution < 1.29 is 14.3 Å². The summed E-state index contributed by atoms with van der Waals surface area (Å²) in [6.45, 7) is 7.77. The lowest BCUT2D eigenvalue weighted by molar-refractivity contribution is -0.146. The van der Waals surface area contributed by atoms with Crippen LogP contribution in [0, 0.1) is 5.92 Å². The van der Waals surface area contributed by atoms with Crippen LogP contribution in [-0.2, 0) is 14.3 Å². The van der Waals surface area contributed by atoms with Gasteiger partial charge in [0, 0.05) is 13.2 Å². The average molecular weight is 287 g/mol. The number of nitrogens with two attached hydrogens (primary N) is 1. The van der Waals surface area contributed by atoms with E-state index < -0.39 is 5.54 Å². The minimum absolute atomic E-state index is 0.343. The fraction of sp³-hybridized carbons (Fsp3) is 0.938. The first-order valence-electron chi connectivity index (χ1n) is 7.93. The summed E-state index contributed by atoms with van der Waals surface area (Å²) in [5, 5.41) is 0. The quantitative estimate of drug-likeness (QED) is 0.442. The van der Waals surface area contributed by atoms with Gasteiger partial charge in [-0.3, -0.25) is 4.79 Å². The van der Waals surface area contributed by atoms with Crippen molar-refractivity contribution in [2.75, 3.05) is 20.3 Å². The molecule has 0 aliphatic carbocycles. The van der Waals surface area contributed by atoms with E-state index in [-0.39, 0.29) is 5.97 Å². The smallest absolute Gasteiger partial charge is 0.325 e. The van der Waals surface area contributed by atoms with Crippen LogP contribution in [0.15, 0.2) is 0 Å². The first-order valence-corrected chi connectivity index (χ1v) is 7.93. The molecule has 0 aliphatic heterocycles. The minimum atomic E-state index is -0.873. The number of carbonyl (C=O) groups excluding carboxylic acids is 1. The number of hydrogen-bond acceptors (Lipinski definition) is 4. The molecule has 4 heteroatoms. The molecule has 0 radical (unpaired) electrons. The predicted octanol–water partition coefficient (Wildman–Crippen LogP) is 3.28. The van der Waals surface area contributed by atoms with Crippen molar-refractivity contribution >= 4 is 5.97 Å². The van der Waals surface area contributed by atoms with Gasteiger partial charge in [-0.25, -0.2) is 0 Å². The molecule has 0 aromatic heterocycles. The molecule has 120 valence electrons. The Morgan fingerprint density at radius 2 is 1.95 bits per heavy atom. The fourth-order valence-electron chi connectivity index (χ4n) is 2.18. The van der Waals surface area contributed by atoms with Gasteiger partial charge in [0.25, 0.3) is 0 Å². The van der Waals surface area contributed by atoms with Gasteiger partial charge in [0.05, 0.1) is 7.11 Å². The molecule has 0 spiro atoms. The Morgan fingerprint density at radius 1 is 1.25 bits per heavy atom. The highest BCUT2D eigenvalue weighted by Crippen LogP contribution is 2.14. The van der Waals surface area contributed by atoms with Crippen LogP contribution in [0.4, 0.5) is 0 Å². The standard InChI is InChI=1S/C16H33NO3/c1-5-7-10-14(6-2)13-20-12-9-8-11-16(3,17)15(18)19-4/h14H,5-13,17H2,1-4H3. The molecule has 2 atom stereocenters. The summed E-state index contributed by atoms with van der Waals surface area (Å²) in [5.41, 5.74) is 5.02. The Labute approximate surface area is 124 Å². The molecule has 0 aromatic carbocycles. The summed E-state index contributed by atoms with van der Waals surface area (Å²) in [5.74, 6) is 0.342. The van der Waals surface area contributed by atoms with Crippen LogP contribution in [0.5, 0.6) is 0 Å². The van der Waals surface area contributed by atoms with Gasteiger partial charge in [-0.1, -0.05) is 33.1 Å². The molecule has 0 heterocycles. The molecule has 4 nitrogen and oxygen atoms in total. The van der Waals surface area contributed by atoms with E-state index in [4.69, 9.17) is 10.5 Å². The zero-order chi connectivity index (χ0) is 15.4. The maximum absolute atomic E-state index is 11.4. The molecule has 0 amide bonds. The molecule has 0 aromatic rings. The molecule has 0 fully saturated rings. The van der Waals surface area contributed by atoms with Crippen molar-refractivity contribution in [1.29, 1.82) is 0 Å². The number of rotatable bonds is 12. The maximum atomic E-state index is 11.4. The number of hydrogen-bond donors (Lipinski definition) is 1. The number of methoxy groups -OCH3 is 1. The first-order chi connectivity index (χ1) is 9.47. The number of esters is 1. The molecule has 0 saturated carbocycles. The van der Waals surface area contributed by atoms with Crippen LogP contribution in [0.1, 0.15) is 65.7 Å². The van der Waals surface area contributed by atoms with Crippen LogP contribution in [0.3, 0.4) is 0 Å². The lowest BCUT2D eigenvalue weighted by Crippen LogP contribution is -2.45. The van der Waals surface area contributed by atoms with E-state index >= 15 is 0 Å². The van der Waals surface area contributed by atoms with E-state index in [1.807, 2.05) is 0 Å². The highest BCUT2D eigenvalue weighted by Gasteiger charge is 2.28. The van der Waals surface area contributed by atoms with E-state index in [9.17, 15) is 4.79 Å². The minimum Gasteiger partial charge on any atom is -0.468 e. The number of carbonyl (C=O) groups is 1. The second kappa shape index (κ2) is 11.1. The van der Waals surface area contributed by atoms with E-state index in [2.05, 4.69) is 18.6 Å². The molecule has 0 saturated heterocycles. The lowest BCUT2D eigenvalue weighted by atomic mass is 9.96. The van der Waals surface area contributed by atoms with Crippen molar-refractivity contribution in [1.82, 2.24) is 0 Å². The van der Waals surface area contributed by atoms with Crippen LogP contribution in [0.25, 0.3) is 0 Å². The lowest BCUT2D eigenvalue weighted by Gasteiger charge is -2.21. The number of ether oxygens (including phenoxy) is 2. The molecule has 0 aliphatic rings. The topological polar surface area (TPSA) is 61.5 Å². The molecule has 20 heavy (non-hydrogen) atoms. The van der Waals surface area contributed by atoms with Crippen molar-refractivity contribution in [3.63, 3.8) is 0 Å². The van der Waals surface area contributed by atoms with Crippen molar-refractivity contribution in [2.24, 2.45) is 11.7 Å². The van der Waals surface area contributed by atoms with Gasteiger partial charge in [0.2, 0.25) is 0 Å². The van der Waals surface area contributed by atoms with Gasteiger partial charge in [-0.05, 0) is 38.5 Å². The van der Waals surface area contributed by atoms with Crippen LogP contribution in [-0.4, -0.2) is 31.8 Å². The fourth-order valence-corrected chi connectivity index (χ4v) is 2.18. The first kappa shape index (κ1) is 19.4. The summed E-state index contributed by atoms with van der Waals surface area (Å²) in [6.07, 6.45) is 7.43. The predicted molar refractivity (Wildman–Crippen MR) is 82.6 cm³/mol. The van der Waals surface area contributed by atoms with Crippen LogP contribution < -0.4 is 5.73 Å². The summed E-state index contributed by atoms with van der Waals surface area (Å²) in [7, 11) is 1.37.